The van der Waals surface area contributed by atoms with Crippen molar-refractivity contribution in [2.45, 2.75) is 37.7 Å². The molecule has 1 aliphatic heterocycles. The number of hydrogen-bond donors (Lipinski definition) is 2. The van der Waals surface area contributed by atoms with Crippen LogP contribution in [-0.2, 0) is 11.2 Å². The van der Waals surface area contributed by atoms with Gasteiger partial charge in [0.1, 0.15) is 18.5 Å². The minimum Gasteiger partial charge on any atom is -0.491 e. The SMILES string of the molecule is OC(COc1ccc(C2CCCCc3c2[nH]c2ccc(Cl)cc32)cc1)CN1CCOCC1. The number of benzene rings is 2. The predicted octanol–water partition coefficient (Wildman–Crippen LogP) is 4.75. The summed E-state index contributed by atoms with van der Waals surface area (Å²) in [5.74, 6) is 1.15. The third kappa shape index (κ3) is 4.81. The Bertz CT molecular complexity index is 1040. The molecule has 6 heteroatoms. The zero-order valence-electron chi connectivity index (χ0n) is 18.4. The molecule has 2 aromatic carbocycles. The minimum absolute atomic E-state index is 0.299. The van der Waals surface area contributed by atoms with E-state index in [9.17, 15) is 5.11 Å². The highest BCUT2D eigenvalue weighted by atomic mass is 35.5. The normalized spacial score (nSPS) is 20.6. The molecule has 2 atom stereocenters. The standard InChI is InChI=1S/C26H31ClN2O3/c27-19-7-10-25-24(15-19)23-4-2-1-3-22(26(23)28-25)18-5-8-21(9-6-18)32-17-20(30)16-29-11-13-31-14-12-29/h5-10,15,20,22,28,30H,1-4,11-14,16-17H2. The molecule has 32 heavy (non-hydrogen) atoms. The van der Waals surface area contributed by atoms with Gasteiger partial charge in [0.05, 0.1) is 13.2 Å². The Balaban J connectivity index is 1.27. The fraction of sp³-hybridized carbons (Fsp3) is 0.462. The number of fused-ring (bicyclic) bond motifs is 3. The van der Waals surface area contributed by atoms with E-state index in [0.717, 1.165) is 49.9 Å². The maximum atomic E-state index is 10.3. The van der Waals surface area contributed by atoms with E-state index in [1.807, 2.05) is 18.2 Å². The lowest BCUT2D eigenvalue weighted by Gasteiger charge is -2.28. The van der Waals surface area contributed by atoms with E-state index in [4.69, 9.17) is 21.1 Å². The van der Waals surface area contributed by atoms with Crippen LogP contribution in [-0.4, -0.2) is 60.5 Å². The fourth-order valence-corrected chi connectivity index (χ4v) is 5.23. The number of ether oxygens (including phenoxy) is 2. The molecule has 1 saturated heterocycles. The summed E-state index contributed by atoms with van der Waals surface area (Å²) in [6, 6.07) is 14.5. The van der Waals surface area contributed by atoms with Crippen LogP contribution in [0.5, 0.6) is 5.75 Å². The van der Waals surface area contributed by atoms with E-state index in [2.05, 4.69) is 34.1 Å². The average molecular weight is 455 g/mol. The minimum atomic E-state index is -0.504. The Hall–Kier alpha value is -2.05. The largest absolute Gasteiger partial charge is 0.491 e. The van der Waals surface area contributed by atoms with Gasteiger partial charge in [-0.2, -0.15) is 0 Å². The molecule has 1 aromatic heterocycles. The Morgan fingerprint density at radius 2 is 1.94 bits per heavy atom. The second-order valence-corrected chi connectivity index (χ2v) is 9.39. The molecule has 1 aliphatic carbocycles. The van der Waals surface area contributed by atoms with Crippen molar-refractivity contribution in [3.8, 4) is 5.75 Å². The number of nitrogens with zero attached hydrogens (tertiary/aromatic N) is 1. The van der Waals surface area contributed by atoms with Crippen molar-refractivity contribution < 1.29 is 14.6 Å². The molecule has 2 unspecified atom stereocenters. The van der Waals surface area contributed by atoms with Crippen LogP contribution in [0.4, 0.5) is 0 Å². The molecule has 1 fully saturated rings. The van der Waals surface area contributed by atoms with Crippen molar-refractivity contribution in [3.05, 3.63) is 64.3 Å². The molecule has 0 amide bonds. The average Bonchev–Trinajstić information content (AvgIpc) is 3.02. The number of aliphatic hydroxyl groups excluding tert-OH is 1. The molecule has 0 spiro atoms. The number of rotatable bonds is 6. The molecule has 0 radical (unpaired) electrons. The first kappa shape index (κ1) is 21.8. The lowest BCUT2D eigenvalue weighted by Crippen LogP contribution is -2.42. The number of aromatic nitrogens is 1. The van der Waals surface area contributed by atoms with Crippen molar-refractivity contribution in [1.82, 2.24) is 9.88 Å². The van der Waals surface area contributed by atoms with Gasteiger partial charge >= 0.3 is 0 Å². The molecule has 5 nitrogen and oxygen atoms in total. The molecule has 2 aliphatic rings. The van der Waals surface area contributed by atoms with Crippen LogP contribution in [0.25, 0.3) is 10.9 Å². The highest BCUT2D eigenvalue weighted by molar-refractivity contribution is 6.31. The number of β-amino-alcohol motifs (C(OH)–C–C–N with tert-alkyl or cyclic N) is 1. The zero-order valence-corrected chi connectivity index (χ0v) is 19.1. The van der Waals surface area contributed by atoms with Crippen molar-refractivity contribution in [3.63, 3.8) is 0 Å². The molecule has 3 aromatic rings. The number of H-pyrrole nitrogens is 1. The van der Waals surface area contributed by atoms with Crippen molar-refractivity contribution >= 4 is 22.5 Å². The predicted molar refractivity (Wildman–Crippen MR) is 128 cm³/mol. The van der Waals surface area contributed by atoms with Crippen molar-refractivity contribution in [2.75, 3.05) is 39.5 Å². The number of nitrogens with one attached hydrogen (secondary N) is 1. The van der Waals surface area contributed by atoms with Gasteiger partial charge in [-0.15, -0.1) is 0 Å². The number of halogens is 1. The number of morpholine rings is 1. The molecule has 2 heterocycles. The summed E-state index contributed by atoms with van der Waals surface area (Å²) in [5.41, 5.74) is 5.21. The summed E-state index contributed by atoms with van der Waals surface area (Å²) in [4.78, 5) is 5.91. The molecular formula is C26H31ClN2O3. The van der Waals surface area contributed by atoms with Crippen LogP contribution in [0.2, 0.25) is 5.02 Å². The Morgan fingerprint density at radius 1 is 1.12 bits per heavy atom. The summed E-state index contributed by atoms with van der Waals surface area (Å²) < 4.78 is 11.2. The lowest BCUT2D eigenvalue weighted by atomic mass is 9.91. The fourth-order valence-electron chi connectivity index (χ4n) is 5.06. The Labute approximate surface area is 194 Å². The van der Waals surface area contributed by atoms with Gasteiger partial charge in [0.25, 0.3) is 0 Å². The summed E-state index contributed by atoms with van der Waals surface area (Å²) >= 11 is 6.28. The van der Waals surface area contributed by atoms with Crippen LogP contribution in [0.1, 0.15) is 42.0 Å². The van der Waals surface area contributed by atoms with E-state index in [0.29, 0.717) is 19.1 Å². The summed E-state index contributed by atoms with van der Waals surface area (Å²) in [6.45, 7) is 4.14. The van der Waals surface area contributed by atoms with Gasteiger partial charge in [-0.1, -0.05) is 30.2 Å². The smallest absolute Gasteiger partial charge is 0.119 e. The molecule has 2 N–H and O–H groups in total. The maximum Gasteiger partial charge on any atom is 0.119 e. The number of hydrogen-bond acceptors (Lipinski definition) is 4. The van der Waals surface area contributed by atoms with Gasteiger partial charge in [0.15, 0.2) is 0 Å². The van der Waals surface area contributed by atoms with E-state index in [-0.39, 0.29) is 0 Å². The quantitative estimate of drug-likeness (QED) is 0.527. The molecule has 5 rings (SSSR count). The maximum absolute atomic E-state index is 10.3. The van der Waals surface area contributed by atoms with E-state index in [1.165, 1.54) is 40.6 Å². The number of aryl methyl sites for hydroxylation is 1. The number of aliphatic hydroxyl groups is 1. The van der Waals surface area contributed by atoms with Gasteiger partial charge < -0.3 is 19.6 Å². The Morgan fingerprint density at radius 3 is 2.75 bits per heavy atom. The van der Waals surface area contributed by atoms with Crippen LogP contribution < -0.4 is 4.74 Å². The van der Waals surface area contributed by atoms with Crippen LogP contribution in [0.3, 0.4) is 0 Å². The highest BCUT2D eigenvalue weighted by Gasteiger charge is 2.24. The van der Waals surface area contributed by atoms with Crippen LogP contribution in [0, 0.1) is 0 Å². The van der Waals surface area contributed by atoms with Crippen molar-refractivity contribution in [2.24, 2.45) is 0 Å². The second-order valence-electron chi connectivity index (χ2n) is 8.95. The number of aromatic amines is 1. The third-order valence-electron chi connectivity index (χ3n) is 6.72. The first-order valence-electron chi connectivity index (χ1n) is 11.7. The third-order valence-corrected chi connectivity index (χ3v) is 6.95. The first-order chi connectivity index (χ1) is 15.7. The monoisotopic (exact) mass is 454 g/mol. The van der Waals surface area contributed by atoms with Gasteiger partial charge in [0, 0.05) is 47.2 Å². The Kier molecular flexibility index (Phi) is 6.69. The zero-order chi connectivity index (χ0) is 21.9. The molecule has 170 valence electrons. The molecular weight excluding hydrogens is 424 g/mol. The molecule has 0 bridgehead atoms. The first-order valence-corrected chi connectivity index (χ1v) is 12.1. The van der Waals surface area contributed by atoms with Gasteiger partial charge in [-0.25, -0.2) is 0 Å². The van der Waals surface area contributed by atoms with Crippen LogP contribution in [0.15, 0.2) is 42.5 Å². The summed E-state index contributed by atoms with van der Waals surface area (Å²) in [6.07, 6.45) is 4.13. The van der Waals surface area contributed by atoms with Crippen LogP contribution >= 0.6 is 11.6 Å². The lowest BCUT2D eigenvalue weighted by molar-refractivity contribution is 0.00465. The topological polar surface area (TPSA) is 57.7 Å². The van der Waals surface area contributed by atoms with Gasteiger partial charge in [-0.05, 0) is 60.7 Å². The van der Waals surface area contributed by atoms with Crippen molar-refractivity contribution in [1.29, 1.82) is 0 Å². The summed E-state index contributed by atoms with van der Waals surface area (Å²) in [7, 11) is 0. The van der Waals surface area contributed by atoms with E-state index < -0.39 is 6.10 Å². The second kappa shape index (κ2) is 9.84. The van der Waals surface area contributed by atoms with Gasteiger partial charge in [-0.3, -0.25) is 4.90 Å². The van der Waals surface area contributed by atoms with Gasteiger partial charge in [0.2, 0.25) is 0 Å². The molecule has 0 saturated carbocycles. The van der Waals surface area contributed by atoms with E-state index in [1.54, 1.807) is 0 Å². The highest BCUT2D eigenvalue weighted by Crippen LogP contribution is 2.39. The summed E-state index contributed by atoms with van der Waals surface area (Å²) in [5, 5.41) is 12.4. The van der Waals surface area contributed by atoms with E-state index >= 15 is 0 Å².